The molecule has 21 heavy (non-hydrogen) atoms. The summed E-state index contributed by atoms with van der Waals surface area (Å²) in [6.45, 7) is 4.38. The van der Waals surface area contributed by atoms with E-state index in [0.29, 0.717) is 24.8 Å². The first-order valence-electron chi connectivity index (χ1n) is 8.17. The summed E-state index contributed by atoms with van der Waals surface area (Å²) in [5, 5.41) is 3.92. The van der Waals surface area contributed by atoms with E-state index in [1.807, 2.05) is 11.9 Å². The van der Waals surface area contributed by atoms with Gasteiger partial charge in [0, 0.05) is 32.4 Å². The SMILES string of the molecule is CCCc1noc(CCC(=O)N(C)C2CCC(C)CC2)n1. The topological polar surface area (TPSA) is 59.2 Å². The molecule has 0 spiro atoms. The fourth-order valence-electron chi connectivity index (χ4n) is 2.94. The van der Waals surface area contributed by atoms with Crippen LogP contribution in [-0.2, 0) is 17.6 Å². The van der Waals surface area contributed by atoms with Crippen molar-refractivity contribution in [1.82, 2.24) is 15.0 Å². The van der Waals surface area contributed by atoms with E-state index in [1.165, 1.54) is 12.8 Å². The molecule has 5 nitrogen and oxygen atoms in total. The maximum atomic E-state index is 12.3. The Morgan fingerprint density at radius 1 is 1.29 bits per heavy atom. The number of amides is 1. The second-order valence-corrected chi connectivity index (χ2v) is 6.27. The third-order valence-corrected chi connectivity index (χ3v) is 4.46. The molecule has 1 heterocycles. The van der Waals surface area contributed by atoms with Gasteiger partial charge in [-0.3, -0.25) is 4.79 Å². The van der Waals surface area contributed by atoms with E-state index in [2.05, 4.69) is 24.0 Å². The predicted molar refractivity (Wildman–Crippen MR) is 80.8 cm³/mol. The van der Waals surface area contributed by atoms with E-state index in [0.717, 1.165) is 37.4 Å². The van der Waals surface area contributed by atoms with Crippen LogP contribution in [0.4, 0.5) is 0 Å². The first kappa shape index (κ1) is 16.0. The second-order valence-electron chi connectivity index (χ2n) is 6.27. The van der Waals surface area contributed by atoms with Gasteiger partial charge in [-0.1, -0.05) is 19.0 Å². The molecule has 0 radical (unpaired) electrons. The first-order valence-corrected chi connectivity index (χ1v) is 8.17. The summed E-state index contributed by atoms with van der Waals surface area (Å²) < 4.78 is 5.18. The molecule has 1 aliphatic carbocycles. The van der Waals surface area contributed by atoms with Crippen LogP contribution in [0.15, 0.2) is 4.52 Å². The van der Waals surface area contributed by atoms with Crippen LogP contribution >= 0.6 is 0 Å². The molecule has 1 amide bonds. The number of carbonyl (C=O) groups is 1. The van der Waals surface area contributed by atoms with Gasteiger partial charge in [-0.2, -0.15) is 4.98 Å². The fourth-order valence-corrected chi connectivity index (χ4v) is 2.94. The monoisotopic (exact) mass is 293 g/mol. The summed E-state index contributed by atoms with van der Waals surface area (Å²) in [5.74, 6) is 2.32. The summed E-state index contributed by atoms with van der Waals surface area (Å²) >= 11 is 0. The van der Waals surface area contributed by atoms with Crippen molar-refractivity contribution in [3.05, 3.63) is 11.7 Å². The van der Waals surface area contributed by atoms with Crippen LogP contribution in [0, 0.1) is 5.92 Å². The molecule has 1 saturated carbocycles. The van der Waals surface area contributed by atoms with Crippen LogP contribution in [-0.4, -0.2) is 34.0 Å². The predicted octanol–water partition coefficient (Wildman–Crippen LogP) is 2.99. The van der Waals surface area contributed by atoms with Crippen LogP contribution in [0.2, 0.25) is 0 Å². The molecule has 0 aliphatic heterocycles. The van der Waals surface area contributed by atoms with Crippen molar-refractivity contribution in [2.75, 3.05) is 7.05 Å². The zero-order chi connectivity index (χ0) is 15.2. The van der Waals surface area contributed by atoms with E-state index in [9.17, 15) is 4.79 Å². The number of nitrogens with zero attached hydrogens (tertiary/aromatic N) is 3. The van der Waals surface area contributed by atoms with Gasteiger partial charge in [-0.05, 0) is 38.0 Å². The van der Waals surface area contributed by atoms with Crippen LogP contribution in [0.1, 0.15) is 64.1 Å². The highest BCUT2D eigenvalue weighted by Gasteiger charge is 2.24. The Morgan fingerprint density at radius 3 is 2.67 bits per heavy atom. The molecule has 1 fully saturated rings. The Morgan fingerprint density at radius 2 is 2.00 bits per heavy atom. The Balaban J connectivity index is 1.77. The van der Waals surface area contributed by atoms with Crippen molar-refractivity contribution in [3.63, 3.8) is 0 Å². The number of aromatic nitrogens is 2. The Labute approximate surface area is 127 Å². The van der Waals surface area contributed by atoms with Gasteiger partial charge in [0.1, 0.15) is 0 Å². The zero-order valence-electron chi connectivity index (χ0n) is 13.5. The Kier molecular flexibility index (Phi) is 5.76. The third-order valence-electron chi connectivity index (χ3n) is 4.46. The summed E-state index contributed by atoms with van der Waals surface area (Å²) in [6, 6.07) is 0.409. The average Bonchev–Trinajstić information content (AvgIpc) is 2.93. The summed E-state index contributed by atoms with van der Waals surface area (Å²) in [5.41, 5.74) is 0. The number of hydrogen-bond acceptors (Lipinski definition) is 4. The van der Waals surface area contributed by atoms with E-state index in [-0.39, 0.29) is 5.91 Å². The second kappa shape index (κ2) is 7.57. The lowest BCUT2D eigenvalue weighted by atomic mass is 9.86. The summed E-state index contributed by atoms with van der Waals surface area (Å²) in [7, 11) is 1.93. The molecule has 0 saturated heterocycles. The molecular formula is C16H27N3O2. The smallest absolute Gasteiger partial charge is 0.227 e. The largest absolute Gasteiger partial charge is 0.343 e. The summed E-state index contributed by atoms with van der Waals surface area (Å²) in [4.78, 5) is 18.5. The van der Waals surface area contributed by atoms with Crippen molar-refractivity contribution in [3.8, 4) is 0 Å². The number of aryl methyl sites for hydroxylation is 2. The van der Waals surface area contributed by atoms with Crippen LogP contribution < -0.4 is 0 Å². The van der Waals surface area contributed by atoms with E-state index in [4.69, 9.17) is 4.52 Å². The minimum absolute atomic E-state index is 0.185. The minimum Gasteiger partial charge on any atom is -0.343 e. The molecule has 0 bridgehead atoms. The highest BCUT2D eigenvalue weighted by molar-refractivity contribution is 5.76. The van der Waals surface area contributed by atoms with Crippen molar-refractivity contribution >= 4 is 5.91 Å². The van der Waals surface area contributed by atoms with Crippen molar-refractivity contribution in [2.45, 2.75) is 71.3 Å². The van der Waals surface area contributed by atoms with Crippen molar-refractivity contribution in [2.24, 2.45) is 5.92 Å². The number of rotatable bonds is 6. The lowest BCUT2D eigenvalue weighted by Crippen LogP contribution is -2.39. The van der Waals surface area contributed by atoms with E-state index < -0.39 is 0 Å². The molecular weight excluding hydrogens is 266 g/mol. The van der Waals surface area contributed by atoms with E-state index >= 15 is 0 Å². The lowest BCUT2D eigenvalue weighted by Gasteiger charge is -2.33. The van der Waals surface area contributed by atoms with Crippen molar-refractivity contribution < 1.29 is 9.32 Å². The average molecular weight is 293 g/mol. The maximum absolute atomic E-state index is 12.3. The number of carbonyl (C=O) groups excluding carboxylic acids is 1. The highest BCUT2D eigenvalue weighted by atomic mass is 16.5. The van der Waals surface area contributed by atoms with Crippen LogP contribution in [0.5, 0.6) is 0 Å². The highest BCUT2D eigenvalue weighted by Crippen LogP contribution is 2.26. The van der Waals surface area contributed by atoms with E-state index in [1.54, 1.807) is 0 Å². The molecule has 1 aliphatic rings. The number of hydrogen-bond donors (Lipinski definition) is 0. The Bertz CT molecular complexity index is 450. The molecule has 2 rings (SSSR count). The van der Waals surface area contributed by atoms with Gasteiger partial charge in [0.25, 0.3) is 0 Å². The van der Waals surface area contributed by atoms with Crippen molar-refractivity contribution in [1.29, 1.82) is 0 Å². The normalized spacial score (nSPS) is 22.2. The van der Waals surface area contributed by atoms with Crippen LogP contribution in [0.25, 0.3) is 0 Å². The lowest BCUT2D eigenvalue weighted by molar-refractivity contribution is -0.132. The summed E-state index contributed by atoms with van der Waals surface area (Å²) in [6.07, 6.45) is 7.55. The molecule has 1 aromatic heterocycles. The van der Waals surface area contributed by atoms with Gasteiger partial charge in [0.05, 0.1) is 0 Å². The Hall–Kier alpha value is -1.39. The van der Waals surface area contributed by atoms with Crippen LogP contribution in [0.3, 0.4) is 0 Å². The van der Waals surface area contributed by atoms with Gasteiger partial charge in [0.2, 0.25) is 11.8 Å². The maximum Gasteiger partial charge on any atom is 0.227 e. The standard InChI is InChI=1S/C16H27N3O2/c1-4-5-14-17-15(21-18-14)10-11-16(20)19(3)13-8-6-12(2)7-9-13/h12-13H,4-11H2,1-3H3. The molecule has 1 aromatic rings. The zero-order valence-corrected chi connectivity index (χ0v) is 13.5. The molecule has 0 atom stereocenters. The minimum atomic E-state index is 0.185. The van der Waals surface area contributed by atoms with Gasteiger partial charge >= 0.3 is 0 Å². The fraction of sp³-hybridized carbons (Fsp3) is 0.812. The van der Waals surface area contributed by atoms with Gasteiger partial charge in [-0.15, -0.1) is 0 Å². The molecule has 0 unspecified atom stereocenters. The molecule has 118 valence electrons. The van der Waals surface area contributed by atoms with Gasteiger partial charge in [0.15, 0.2) is 5.82 Å². The third kappa shape index (κ3) is 4.55. The quantitative estimate of drug-likeness (QED) is 0.809. The molecule has 0 N–H and O–H groups in total. The van der Waals surface area contributed by atoms with Gasteiger partial charge in [-0.25, -0.2) is 0 Å². The first-order chi connectivity index (χ1) is 10.1. The van der Waals surface area contributed by atoms with Gasteiger partial charge < -0.3 is 9.42 Å². The molecule has 0 aromatic carbocycles. The molecule has 5 heteroatoms.